The highest BCUT2D eigenvalue weighted by Crippen LogP contribution is 2.36. The van der Waals surface area contributed by atoms with Crippen molar-refractivity contribution in [1.29, 1.82) is 0 Å². The number of hydrogen-bond donors (Lipinski definition) is 1. The van der Waals surface area contributed by atoms with Gasteiger partial charge in [0.25, 0.3) is 0 Å². The van der Waals surface area contributed by atoms with Crippen molar-refractivity contribution in [1.82, 2.24) is 0 Å². The van der Waals surface area contributed by atoms with E-state index in [1.165, 1.54) is 0 Å². The van der Waals surface area contributed by atoms with Gasteiger partial charge in [0.1, 0.15) is 0 Å². The van der Waals surface area contributed by atoms with Crippen LogP contribution in [-0.4, -0.2) is 18.2 Å². The molecule has 0 aromatic rings. The Labute approximate surface area is 62.7 Å². The van der Waals surface area contributed by atoms with E-state index in [-0.39, 0.29) is 17.1 Å². The van der Waals surface area contributed by atoms with E-state index in [4.69, 9.17) is 10.5 Å². The average molecular weight is 143 g/mol. The second kappa shape index (κ2) is 1.95. The number of ether oxygens (including phenoxy) is 1. The maximum absolute atomic E-state index is 5.97. The minimum atomic E-state index is -0.135. The van der Waals surface area contributed by atoms with Crippen LogP contribution in [0.15, 0.2) is 0 Å². The quantitative estimate of drug-likeness (QED) is 0.552. The van der Waals surface area contributed by atoms with Gasteiger partial charge >= 0.3 is 0 Å². The Balaban J connectivity index is 2.77. The summed E-state index contributed by atoms with van der Waals surface area (Å²) in [5, 5.41) is 0. The molecule has 0 aliphatic carbocycles. The van der Waals surface area contributed by atoms with E-state index in [0.717, 1.165) is 6.61 Å². The molecule has 1 saturated heterocycles. The molecule has 0 aromatic heterocycles. The van der Waals surface area contributed by atoms with Gasteiger partial charge in [0.15, 0.2) is 0 Å². The van der Waals surface area contributed by atoms with Gasteiger partial charge in [-0.15, -0.1) is 0 Å². The van der Waals surface area contributed by atoms with Crippen LogP contribution in [-0.2, 0) is 4.74 Å². The first-order chi connectivity index (χ1) is 4.36. The molecule has 0 amide bonds. The van der Waals surface area contributed by atoms with E-state index < -0.39 is 0 Å². The van der Waals surface area contributed by atoms with Crippen LogP contribution in [0.4, 0.5) is 0 Å². The summed E-state index contributed by atoms with van der Waals surface area (Å²) < 4.78 is 5.54. The van der Waals surface area contributed by atoms with Crippen LogP contribution in [0.3, 0.4) is 0 Å². The minimum Gasteiger partial charge on any atom is -0.373 e. The van der Waals surface area contributed by atoms with Gasteiger partial charge in [0.05, 0.1) is 12.2 Å². The van der Waals surface area contributed by atoms with Gasteiger partial charge in [-0.05, 0) is 13.8 Å². The lowest BCUT2D eigenvalue weighted by Gasteiger charge is -2.28. The molecule has 1 aliphatic rings. The molecule has 10 heavy (non-hydrogen) atoms. The number of hydrogen-bond acceptors (Lipinski definition) is 2. The minimum absolute atomic E-state index is 0.135. The molecule has 0 spiro atoms. The highest BCUT2D eigenvalue weighted by molar-refractivity contribution is 4.99. The third kappa shape index (κ3) is 1.06. The smallest absolute Gasteiger partial charge is 0.0783 e. The molecule has 0 bridgehead atoms. The molecule has 0 radical (unpaired) electrons. The summed E-state index contributed by atoms with van der Waals surface area (Å²) in [6, 6.07) is 0.153. The van der Waals surface area contributed by atoms with Crippen molar-refractivity contribution in [3.05, 3.63) is 0 Å². The van der Waals surface area contributed by atoms with Crippen LogP contribution in [0.5, 0.6) is 0 Å². The largest absolute Gasteiger partial charge is 0.373 e. The molecule has 0 saturated carbocycles. The Morgan fingerprint density at radius 3 is 1.90 bits per heavy atom. The van der Waals surface area contributed by atoms with Gasteiger partial charge in [-0.3, -0.25) is 0 Å². The lowest BCUT2D eigenvalue weighted by Crippen LogP contribution is -2.46. The normalized spacial score (nSPS) is 36.3. The van der Waals surface area contributed by atoms with Gasteiger partial charge < -0.3 is 10.5 Å². The Bertz CT molecular complexity index is 124. The fourth-order valence-corrected chi connectivity index (χ4v) is 1.49. The van der Waals surface area contributed by atoms with Gasteiger partial charge in [-0.25, -0.2) is 0 Å². The Hall–Kier alpha value is -0.0800. The second-order valence-corrected chi connectivity index (χ2v) is 4.36. The molecule has 2 nitrogen and oxygen atoms in total. The predicted octanol–water partition coefficient (Wildman–Crippen LogP) is 1.15. The van der Waals surface area contributed by atoms with E-state index in [9.17, 15) is 0 Å². The van der Waals surface area contributed by atoms with Gasteiger partial charge in [-0.1, -0.05) is 13.8 Å². The van der Waals surface area contributed by atoms with Gasteiger partial charge in [0.2, 0.25) is 0 Å². The lowest BCUT2D eigenvalue weighted by atomic mass is 9.81. The van der Waals surface area contributed by atoms with Crippen molar-refractivity contribution in [3.63, 3.8) is 0 Å². The van der Waals surface area contributed by atoms with Crippen LogP contribution in [0, 0.1) is 5.41 Å². The summed E-state index contributed by atoms with van der Waals surface area (Å²) in [7, 11) is 0. The highest BCUT2D eigenvalue weighted by atomic mass is 16.5. The molecular weight excluding hydrogens is 126 g/mol. The predicted molar refractivity (Wildman–Crippen MR) is 41.8 cm³/mol. The van der Waals surface area contributed by atoms with Crippen LogP contribution in [0.1, 0.15) is 27.7 Å². The molecule has 1 rings (SSSR count). The Morgan fingerprint density at radius 2 is 1.80 bits per heavy atom. The second-order valence-electron chi connectivity index (χ2n) is 4.36. The van der Waals surface area contributed by atoms with Crippen molar-refractivity contribution in [3.8, 4) is 0 Å². The van der Waals surface area contributed by atoms with Crippen molar-refractivity contribution in [2.75, 3.05) is 6.61 Å². The summed E-state index contributed by atoms with van der Waals surface area (Å²) in [6.07, 6.45) is 0. The van der Waals surface area contributed by atoms with Gasteiger partial charge in [-0.2, -0.15) is 0 Å². The van der Waals surface area contributed by atoms with Crippen molar-refractivity contribution < 1.29 is 4.74 Å². The maximum atomic E-state index is 5.97. The molecule has 1 heterocycles. The zero-order valence-electron chi connectivity index (χ0n) is 7.27. The number of nitrogens with two attached hydrogens (primary N) is 1. The summed E-state index contributed by atoms with van der Waals surface area (Å²) >= 11 is 0. The topological polar surface area (TPSA) is 35.2 Å². The molecule has 2 N–H and O–H groups in total. The maximum Gasteiger partial charge on any atom is 0.0783 e. The van der Waals surface area contributed by atoms with Crippen LogP contribution in [0.25, 0.3) is 0 Å². The van der Waals surface area contributed by atoms with Crippen LogP contribution >= 0.6 is 0 Å². The average Bonchev–Trinajstić information content (AvgIpc) is 1.95. The molecule has 0 aromatic carbocycles. The summed E-state index contributed by atoms with van der Waals surface area (Å²) in [5.74, 6) is 0. The van der Waals surface area contributed by atoms with E-state index in [0.29, 0.717) is 0 Å². The summed E-state index contributed by atoms with van der Waals surface area (Å²) in [5.41, 5.74) is 5.97. The first-order valence-electron chi connectivity index (χ1n) is 3.76. The first-order valence-corrected chi connectivity index (χ1v) is 3.76. The zero-order valence-corrected chi connectivity index (χ0v) is 7.27. The third-order valence-corrected chi connectivity index (χ3v) is 2.41. The van der Waals surface area contributed by atoms with Crippen molar-refractivity contribution >= 4 is 0 Å². The fraction of sp³-hybridized carbons (Fsp3) is 1.00. The molecule has 60 valence electrons. The van der Waals surface area contributed by atoms with Crippen LogP contribution in [0.2, 0.25) is 0 Å². The number of rotatable bonds is 0. The van der Waals surface area contributed by atoms with Crippen LogP contribution < -0.4 is 5.73 Å². The zero-order chi connectivity index (χ0) is 7.99. The molecule has 1 atom stereocenters. The lowest BCUT2D eigenvalue weighted by molar-refractivity contribution is 0.0264. The first kappa shape index (κ1) is 8.02. The fourth-order valence-electron chi connectivity index (χ4n) is 1.49. The molecular formula is C8H17NO. The summed E-state index contributed by atoms with van der Waals surface area (Å²) in [4.78, 5) is 0. The summed E-state index contributed by atoms with van der Waals surface area (Å²) in [6.45, 7) is 9.17. The monoisotopic (exact) mass is 143 g/mol. The highest BCUT2D eigenvalue weighted by Gasteiger charge is 2.45. The van der Waals surface area contributed by atoms with Crippen molar-refractivity contribution in [2.24, 2.45) is 11.1 Å². The van der Waals surface area contributed by atoms with E-state index in [1.807, 2.05) is 13.8 Å². The molecule has 2 heteroatoms. The molecule has 1 aliphatic heterocycles. The van der Waals surface area contributed by atoms with E-state index in [1.54, 1.807) is 0 Å². The molecule has 0 unspecified atom stereocenters. The molecule has 1 fully saturated rings. The van der Waals surface area contributed by atoms with Crippen molar-refractivity contribution in [2.45, 2.75) is 39.3 Å². The third-order valence-electron chi connectivity index (χ3n) is 2.41. The Morgan fingerprint density at radius 1 is 1.30 bits per heavy atom. The van der Waals surface area contributed by atoms with E-state index >= 15 is 0 Å². The standard InChI is InChI=1S/C8H17NO/c1-7(2)5-10-8(3,4)6(7)9/h6H,5,9H2,1-4H3/t6-/m0/s1. The van der Waals surface area contributed by atoms with E-state index in [2.05, 4.69) is 13.8 Å². The van der Waals surface area contributed by atoms with Gasteiger partial charge in [0, 0.05) is 11.5 Å². The Kier molecular flexibility index (Phi) is 1.57. The SMILES string of the molecule is CC1(C)COC(C)(C)[C@H]1N.